The number of aromatic nitrogens is 1. The van der Waals surface area contributed by atoms with E-state index in [1.807, 2.05) is 12.3 Å². The van der Waals surface area contributed by atoms with Crippen LogP contribution < -0.4 is 4.74 Å². The van der Waals surface area contributed by atoms with Crippen LogP contribution in [-0.2, 0) is 20.9 Å². The topological polar surface area (TPSA) is 74.7 Å². The van der Waals surface area contributed by atoms with Gasteiger partial charge in [-0.2, -0.15) is 0 Å². The number of carbonyl (C=O) groups is 2. The zero-order chi connectivity index (χ0) is 16.2. The number of benzene rings is 1. The summed E-state index contributed by atoms with van der Waals surface area (Å²) in [6.45, 7) is 2.46. The Morgan fingerprint density at radius 2 is 2.26 bits per heavy atom. The van der Waals surface area contributed by atoms with E-state index in [9.17, 15) is 9.59 Å². The van der Waals surface area contributed by atoms with E-state index in [4.69, 9.17) is 14.2 Å². The van der Waals surface area contributed by atoms with Gasteiger partial charge in [-0.05, 0) is 19.1 Å². The van der Waals surface area contributed by atoms with Crippen molar-refractivity contribution in [1.82, 2.24) is 4.98 Å². The molecule has 2 aromatic rings. The SMILES string of the molecule is Cc1nc(COc2ccccc2C(=O)O[C@H]2CCOC2=O)cs1. The minimum Gasteiger partial charge on any atom is -0.486 e. The van der Waals surface area contributed by atoms with Gasteiger partial charge in [0.1, 0.15) is 17.9 Å². The van der Waals surface area contributed by atoms with Crippen LogP contribution in [0.4, 0.5) is 0 Å². The largest absolute Gasteiger partial charge is 0.486 e. The van der Waals surface area contributed by atoms with Crippen molar-refractivity contribution in [2.45, 2.75) is 26.1 Å². The van der Waals surface area contributed by atoms with Crippen LogP contribution in [0.1, 0.15) is 27.5 Å². The standard InChI is InChI=1S/C16H15NO5S/c1-10-17-11(9-23-10)8-21-13-5-3-2-4-12(13)15(18)22-14-6-7-20-16(14)19/h2-5,9,14H,6-8H2,1H3/t14-/m0/s1. The van der Waals surface area contributed by atoms with Gasteiger partial charge < -0.3 is 14.2 Å². The monoisotopic (exact) mass is 333 g/mol. The lowest BCUT2D eigenvalue weighted by Crippen LogP contribution is -2.23. The van der Waals surface area contributed by atoms with Gasteiger partial charge in [0.25, 0.3) is 0 Å². The van der Waals surface area contributed by atoms with E-state index in [0.29, 0.717) is 12.2 Å². The molecule has 2 heterocycles. The van der Waals surface area contributed by atoms with Crippen LogP contribution >= 0.6 is 11.3 Å². The van der Waals surface area contributed by atoms with E-state index < -0.39 is 18.0 Å². The van der Waals surface area contributed by atoms with Crippen molar-refractivity contribution in [3.8, 4) is 5.75 Å². The van der Waals surface area contributed by atoms with Gasteiger partial charge in [-0.15, -0.1) is 11.3 Å². The van der Waals surface area contributed by atoms with Crippen LogP contribution in [0.2, 0.25) is 0 Å². The van der Waals surface area contributed by atoms with Crippen molar-refractivity contribution >= 4 is 23.3 Å². The molecule has 1 aliphatic rings. The number of hydrogen-bond acceptors (Lipinski definition) is 7. The molecule has 0 saturated carbocycles. The Morgan fingerprint density at radius 1 is 1.43 bits per heavy atom. The van der Waals surface area contributed by atoms with Crippen molar-refractivity contribution in [2.24, 2.45) is 0 Å². The number of hydrogen-bond donors (Lipinski definition) is 0. The minimum atomic E-state index is -0.836. The fourth-order valence-corrected chi connectivity index (χ4v) is 2.76. The molecule has 1 atom stereocenters. The Balaban J connectivity index is 1.69. The van der Waals surface area contributed by atoms with Gasteiger partial charge in [-0.25, -0.2) is 14.6 Å². The van der Waals surface area contributed by atoms with Gasteiger partial charge in [-0.1, -0.05) is 12.1 Å². The maximum atomic E-state index is 12.3. The number of nitrogens with zero attached hydrogens (tertiary/aromatic N) is 1. The normalized spacial score (nSPS) is 16.9. The van der Waals surface area contributed by atoms with Crippen molar-refractivity contribution < 1.29 is 23.8 Å². The number of esters is 2. The summed E-state index contributed by atoms with van der Waals surface area (Å²) in [6, 6.07) is 6.76. The van der Waals surface area contributed by atoms with Crippen LogP contribution in [-0.4, -0.2) is 29.6 Å². The Morgan fingerprint density at radius 3 is 2.96 bits per heavy atom. The second-order valence-corrected chi connectivity index (χ2v) is 6.06. The lowest BCUT2D eigenvalue weighted by atomic mass is 10.2. The molecular formula is C16H15NO5S. The average Bonchev–Trinajstić information content (AvgIpc) is 3.14. The highest BCUT2D eigenvalue weighted by Gasteiger charge is 2.31. The smallest absolute Gasteiger partial charge is 0.347 e. The van der Waals surface area contributed by atoms with E-state index in [2.05, 4.69) is 4.98 Å². The number of carbonyl (C=O) groups excluding carboxylic acids is 2. The number of para-hydroxylation sites is 1. The van der Waals surface area contributed by atoms with E-state index >= 15 is 0 Å². The quantitative estimate of drug-likeness (QED) is 0.783. The van der Waals surface area contributed by atoms with E-state index in [0.717, 1.165) is 10.7 Å². The highest BCUT2D eigenvalue weighted by molar-refractivity contribution is 7.09. The third-order valence-corrected chi connectivity index (χ3v) is 4.11. The molecule has 7 heteroatoms. The summed E-state index contributed by atoms with van der Waals surface area (Å²) in [5.74, 6) is -0.705. The van der Waals surface area contributed by atoms with Crippen LogP contribution in [0.15, 0.2) is 29.6 Å². The molecule has 6 nitrogen and oxygen atoms in total. The van der Waals surface area contributed by atoms with Crippen LogP contribution in [0.3, 0.4) is 0 Å². The van der Waals surface area contributed by atoms with Crippen molar-refractivity contribution in [1.29, 1.82) is 0 Å². The summed E-state index contributed by atoms with van der Waals surface area (Å²) in [5, 5.41) is 2.86. The summed E-state index contributed by atoms with van der Waals surface area (Å²) >= 11 is 1.54. The van der Waals surface area contributed by atoms with Crippen molar-refractivity contribution in [2.75, 3.05) is 6.61 Å². The lowest BCUT2D eigenvalue weighted by Gasteiger charge is -2.12. The molecule has 0 aliphatic carbocycles. The van der Waals surface area contributed by atoms with Gasteiger partial charge in [0, 0.05) is 11.8 Å². The van der Waals surface area contributed by atoms with Gasteiger partial charge in [0.2, 0.25) is 6.10 Å². The predicted octanol–water partition coefficient (Wildman–Crippen LogP) is 2.50. The predicted molar refractivity (Wildman–Crippen MR) is 82.4 cm³/mol. The fraction of sp³-hybridized carbons (Fsp3) is 0.312. The first-order chi connectivity index (χ1) is 11.1. The molecule has 0 unspecified atom stereocenters. The molecular weight excluding hydrogens is 318 g/mol. The third kappa shape index (κ3) is 3.68. The van der Waals surface area contributed by atoms with Crippen molar-refractivity contribution in [3.63, 3.8) is 0 Å². The van der Waals surface area contributed by atoms with Gasteiger partial charge in [0.15, 0.2) is 0 Å². The zero-order valence-electron chi connectivity index (χ0n) is 12.5. The average molecular weight is 333 g/mol. The Hall–Kier alpha value is -2.41. The number of cyclic esters (lactones) is 1. The summed E-state index contributed by atoms with van der Waals surface area (Å²) in [5.41, 5.74) is 1.08. The summed E-state index contributed by atoms with van der Waals surface area (Å²) in [6.07, 6.45) is -0.456. The number of ether oxygens (including phenoxy) is 3. The molecule has 0 N–H and O–H groups in total. The lowest BCUT2D eigenvalue weighted by molar-refractivity contribution is -0.145. The molecule has 1 aromatic carbocycles. The number of thiazole rings is 1. The fourth-order valence-electron chi connectivity index (χ4n) is 2.16. The van der Waals surface area contributed by atoms with Crippen LogP contribution in [0.25, 0.3) is 0 Å². The number of rotatable bonds is 5. The van der Waals surface area contributed by atoms with Crippen LogP contribution in [0, 0.1) is 6.92 Å². The second kappa shape index (κ2) is 6.78. The first kappa shape index (κ1) is 15.5. The summed E-state index contributed by atoms with van der Waals surface area (Å²) in [4.78, 5) is 28.0. The van der Waals surface area contributed by atoms with E-state index in [1.165, 1.54) is 11.3 Å². The molecule has 1 fully saturated rings. The molecule has 1 saturated heterocycles. The maximum absolute atomic E-state index is 12.3. The van der Waals surface area contributed by atoms with E-state index in [1.54, 1.807) is 24.3 Å². The molecule has 0 spiro atoms. The van der Waals surface area contributed by atoms with Crippen molar-refractivity contribution in [3.05, 3.63) is 45.9 Å². The first-order valence-corrected chi connectivity index (χ1v) is 8.02. The molecule has 1 aromatic heterocycles. The first-order valence-electron chi connectivity index (χ1n) is 7.14. The Kier molecular flexibility index (Phi) is 4.57. The molecule has 0 bridgehead atoms. The highest BCUT2D eigenvalue weighted by Crippen LogP contribution is 2.22. The summed E-state index contributed by atoms with van der Waals surface area (Å²) < 4.78 is 15.7. The summed E-state index contributed by atoms with van der Waals surface area (Å²) in [7, 11) is 0. The second-order valence-electron chi connectivity index (χ2n) is 4.99. The number of aryl methyl sites for hydroxylation is 1. The highest BCUT2D eigenvalue weighted by atomic mass is 32.1. The van der Waals surface area contributed by atoms with Gasteiger partial charge in [0.05, 0.1) is 17.3 Å². The molecule has 23 heavy (non-hydrogen) atoms. The molecule has 3 rings (SSSR count). The van der Waals surface area contributed by atoms with Gasteiger partial charge >= 0.3 is 11.9 Å². The van der Waals surface area contributed by atoms with E-state index in [-0.39, 0.29) is 18.8 Å². The molecule has 120 valence electrons. The zero-order valence-corrected chi connectivity index (χ0v) is 13.3. The molecule has 0 radical (unpaired) electrons. The molecule has 1 aliphatic heterocycles. The minimum absolute atomic E-state index is 0.264. The Labute approximate surface area is 137 Å². The molecule has 0 amide bonds. The van der Waals surface area contributed by atoms with Crippen LogP contribution in [0.5, 0.6) is 5.75 Å². The maximum Gasteiger partial charge on any atom is 0.347 e. The van der Waals surface area contributed by atoms with Gasteiger partial charge in [-0.3, -0.25) is 0 Å². The third-order valence-electron chi connectivity index (χ3n) is 3.29. The Bertz CT molecular complexity index is 727.